The topological polar surface area (TPSA) is 66.4 Å². The van der Waals surface area contributed by atoms with Crippen molar-refractivity contribution in [3.63, 3.8) is 0 Å². The minimum absolute atomic E-state index is 0.0577. The smallest absolute Gasteiger partial charge is 0.337 e. The van der Waals surface area contributed by atoms with E-state index in [0.717, 1.165) is 6.08 Å². The number of nitrogens with one attached hydrogen (secondary N) is 1. The second kappa shape index (κ2) is 4.61. The number of carbonyl (C=O) groups is 2. The molecule has 0 saturated heterocycles. The molecule has 1 rings (SSSR count). The molecular formula is C10H8ClNO3. The Morgan fingerprint density at radius 3 is 2.67 bits per heavy atom. The number of amides is 1. The first-order valence-corrected chi connectivity index (χ1v) is 4.38. The zero-order valence-corrected chi connectivity index (χ0v) is 8.41. The summed E-state index contributed by atoms with van der Waals surface area (Å²) in [6, 6.07) is 4.18. The van der Waals surface area contributed by atoms with E-state index in [1.807, 2.05) is 0 Å². The average Bonchev–Trinajstić information content (AvgIpc) is 2.20. The van der Waals surface area contributed by atoms with Crippen LogP contribution in [-0.4, -0.2) is 17.0 Å². The van der Waals surface area contributed by atoms with Gasteiger partial charge in [0.25, 0.3) is 0 Å². The second-order valence-electron chi connectivity index (χ2n) is 2.69. The molecule has 0 aromatic heterocycles. The Hall–Kier alpha value is -1.81. The van der Waals surface area contributed by atoms with E-state index in [2.05, 4.69) is 11.9 Å². The van der Waals surface area contributed by atoms with Gasteiger partial charge in [-0.3, -0.25) is 4.79 Å². The van der Waals surface area contributed by atoms with Crippen LogP contribution >= 0.6 is 11.6 Å². The van der Waals surface area contributed by atoms with Gasteiger partial charge in [-0.05, 0) is 24.3 Å². The van der Waals surface area contributed by atoms with E-state index in [1.165, 1.54) is 18.2 Å². The van der Waals surface area contributed by atoms with Gasteiger partial charge in [0.1, 0.15) is 0 Å². The van der Waals surface area contributed by atoms with Gasteiger partial charge < -0.3 is 10.4 Å². The molecule has 15 heavy (non-hydrogen) atoms. The molecule has 0 spiro atoms. The summed E-state index contributed by atoms with van der Waals surface area (Å²) in [6.45, 7) is 3.26. The highest BCUT2D eigenvalue weighted by molar-refractivity contribution is 6.31. The van der Waals surface area contributed by atoms with E-state index >= 15 is 0 Å². The summed E-state index contributed by atoms with van der Waals surface area (Å²) in [5.41, 5.74) is 0.134. The van der Waals surface area contributed by atoms with Crippen molar-refractivity contribution >= 4 is 29.2 Å². The maximum absolute atomic E-state index is 11.0. The molecule has 0 saturated carbocycles. The lowest BCUT2D eigenvalue weighted by Gasteiger charge is -2.06. The second-order valence-corrected chi connectivity index (χ2v) is 3.12. The molecule has 0 unspecified atom stereocenters. The minimum atomic E-state index is -1.16. The average molecular weight is 226 g/mol. The zero-order valence-electron chi connectivity index (χ0n) is 7.66. The molecule has 1 amide bonds. The SMILES string of the molecule is C=CC(=O)Nc1ccc(Cl)cc1C(=O)O. The molecule has 1 aromatic rings. The Morgan fingerprint density at radius 1 is 1.47 bits per heavy atom. The van der Waals surface area contributed by atoms with Gasteiger partial charge in [0, 0.05) is 5.02 Å². The largest absolute Gasteiger partial charge is 0.478 e. The van der Waals surface area contributed by atoms with Gasteiger partial charge in [-0.15, -0.1) is 0 Å². The van der Waals surface area contributed by atoms with Crippen LogP contribution in [0.4, 0.5) is 5.69 Å². The molecule has 0 aliphatic heterocycles. The van der Waals surface area contributed by atoms with Gasteiger partial charge in [-0.2, -0.15) is 0 Å². The summed E-state index contributed by atoms with van der Waals surface area (Å²) in [5, 5.41) is 11.5. The van der Waals surface area contributed by atoms with Gasteiger partial charge in [0.2, 0.25) is 5.91 Å². The van der Waals surface area contributed by atoms with Crippen molar-refractivity contribution in [3.05, 3.63) is 41.4 Å². The van der Waals surface area contributed by atoms with Crippen molar-refractivity contribution in [2.45, 2.75) is 0 Å². The van der Waals surface area contributed by atoms with Crippen LogP contribution in [0.1, 0.15) is 10.4 Å². The number of anilines is 1. The normalized spacial score (nSPS) is 9.40. The van der Waals surface area contributed by atoms with Crippen LogP contribution < -0.4 is 5.32 Å². The molecule has 0 aliphatic rings. The molecule has 0 radical (unpaired) electrons. The molecule has 4 nitrogen and oxygen atoms in total. The van der Waals surface area contributed by atoms with E-state index in [4.69, 9.17) is 16.7 Å². The first kappa shape index (κ1) is 11.3. The number of halogens is 1. The van der Waals surface area contributed by atoms with Crippen molar-refractivity contribution in [2.75, 3.05) is 5.32 Å². The molecule has 5 heteroatoms. The summed E-state index contributed by atoms with van der Waals surface area (Å²) in [4.78, 5) is 21.8. The molecule has 0 fully saturated rings. The molecule has 0 bridgehead atoms. The number of carbonyl (C=O) groups excluding carboxylic acids is 1. The number of benzene rings is 1. The molecular weight excluding hydrogens is 218 g/mol. The van der Waals surface area contributed by atoms with Gasteiger partial charge in [0.15, 0.2) is 0 Å². The predicted octanol–water partition coefficient (Wildman–Crippen LogP) is 2.16. The van der Waals surface area contributed by atoms with Crippen molar-refractivity contribution in [1.29, 1.82) is 0 Å². The van der Waals surface area contributed by atoms with E-state index < -0.39 is 11.9 Å². The van der Waals surface area contributed by atoms with Crippen molar-refractivity contribution in [3.8, 4) is 0 Å². The van der Waals surface area contributed by atoms with E-state index in [-0.39, 0.29) is 11.3 Å². The van der Waals surface area contributed by atoms with E-state index in [1.54, 1.807) is 0 Å². The Labute approximate surface area is 91.2 Å². The van der Waals surface area contributed by atoms with Crippen molar-refractivity contribution in [2.24, 2.45) is 0 Å². The fraction of sp³-hybridized carbons (Fsp3) is 0. The number of carboxylic acids is 1. The van der Waals surface area contributed by atoms with Crippen LogP contribution in [0.3, 0.4) is 0 Å². The van der Waals surface area contributed by atoms with Crippen molar-refractivity contribution in [1.82, 2.24) is 0 Å². The number of carboxylic acid groups (broad SMARTS) is 1. The Bertz CT molecular complexity index is 429. The lowest BCUT2D eigenvalue weighted by atomic mass is 10.2. The summed E-state index contributed by atoms with van der Waals surface area (Å²) in [7, 11) is 0. The fourth-order valence-electron chi connectivity index (χ4n) is 0.986. The number of hydrogen-bond donors (Lipinski definition) is 2. The van der Waals surface area contributed by atoms with Crippen LogP contribution in [0.15, 0.2) is 30.9 Å². The summed E-state index contributed by atoms with van der Waals surface area (Å²) in [6.07, 6.45) is 1.06. The van der Waals surface area contributed by atoms with Gasteiger partial charge in [-0.25, -0.2) is 4.79 Å². The minimum Gasteiger partial charge on any atom is -0.478 e. The molecule has 1 aromatic carbocycles. The lowest BCUT2D eigenvalue weighted by Crippen LogP contribution is -2.11. The third-order valence-electron chi connectivity index (χ3n) is 1.66. The van der Waals surface area contributed by atoms with Gasteiger partial charge in [0.05, 0.1) is 11.3 Å². The Morgan fingerprint density at radius 2 is 2.13 bits per heavy atom. The predicted molar refractivity (Wildman–Crippen MR) is 57.2 cm³/mol. The van der Waals surface area contributed by atoms with Crippen LogP contribution in [-0.2, 0) is 4.79 Å². The highest BCUT2D eigenvalue weighted by Gasteiger charge is 2.11. The van der Waals surface area contributed by atoms with Gasteiger partial charge in [-0.1, -0.05) is 18.2 Å². The highest BCUT2D eigenvalue weighted by Crippen LogP contribution is 2.20. The fourth-order valence-corrected chi connectivity index (χ4v) is 1.16. The highest BCUT2D eigenvalue weighted by atomic mass is 35.5. The summed E-state index contributed by atoms with van der Waals surface area (Å²) < 4.78 is 0. The number of rotatable bonds is 3. The third-order valence-corrected chi connectivity index (χ3v) is 1.89. The van der Waals surface area contributed by atoms with Crippen LogP contribution in [0.2, 0.25) is 5.02 Å². The molecule has 2 N–H and O–H groups in total. The maximum atomic E-state index is 11.0. The van der Waals surface area contributed by atoms with Gasteiger partial charge >= 0.3 is 5.97 Å². The zero-order chi connectivity index (χ0) is 11.4. The number of hydrogen-bond acceptors (Lipinski definition) is 2. The number of aromatic carboxylic acids is 1. The van der Waals surface area contributed by atoms with E-state index in [0.29, 0.717) is 5.02 Å². The molecule has 0 atom stereocenters. The first-order valence-electron chi connectivity index (χ1n) is 4.01. The summed E-state index contributed by atoms with van der Waals surface area (Å²) >= 11 is 5.64. The summed E-state index contributed by atoms with van der Waals surface area (Å²) in [5.74, 6) is -1.63. The first-order chi connectivity index (χ1) is 7.04. The Balaban J connectivity index is 3.11. The molecule has 0 aliphatic carbocycles. The maximum Gasteiger partial charge on any atom is 0.337 e. The molecule has 78 valence electrons. The standard InChI is InChI=1S/C10H8ClNO3/c1-2-9(13)12-8-4-3-6(11)5-7(8)10(14)15/h2-5H,1H2,(H,12,13)(H,14,15). The third kappa shape index (κ3) is 2.82. The monoisotopic (exact) mass is 225 g/mol. The van der Waals surface area contributed by atoms with E-state index in [9.17, 15) is 9.59 Å². The molecule has 0 heterocycles. The van der Waals surface area contributed by atoms with Crippen LogP contribution in [0, 0.1) is 0 Å². The Kier molecular flexibility index (Phi) is 3.46. The lowest BCUT2D eigenvalue weighted by molar-refractivity contribution is -0.111. The quantitative estimate of drug-likeness (QED) is 0.775. The van der Waals surface area contributed by atoms with Crippen LogP contribution in [0.5, 0.6) is 0 Å². The van der Waals surface area contributed by atoms with Crippen LogP contribution in [0.25, 0.3) is 0 Å². The van der Waals surface area contributed by atoms with Crippen molar-refractivity contribution < 1.29 is 14.7 Å².